The Morgan fingerprint density at radius 1 is 1.32 bits per heavy atom. The van der Waals surface area contributed by atoms with E-state index in [1.807, 2.05) is 0 Å². The first-order valence-electron chi connectivity index (χ1n) is 7.35. The Bertz CT molecular complexity index is 525. The van der Waals surface area contributed by atoms with Crippen LogP contribution in [0.25, 0.3) is 0 Å². The monoisotopic (exact) mass is 307 g/mol. The van der Waals surface area contributed by atoms with E-state index in [4.69, 9.17) is 14.6 Å². The van der Waals surface area contributed by atoms with Gasteiger partial charge in [-0.25, -0.2) is 0 Å². The maximum absolute atomic E-state index is 12.1. The quantitative estimate of drug-likeness (QED) is 0.714. The maximum Gasteiger partial charge on any atom is 0.306 e. The predicted octanol–water partition coefficient (Wildman–Crippen LogP) is 1.69. The average Bonchev–Trinajstić information content (AvgIpc) is 2.46. The van der Waals surface area contributed by atoms with E-state index in [2.05, 4.69) is 5.32 Å². The fourth-order valence-corrected chi connectivity index (χ4v) is 2.33. The first-order valence-corrected chi connectivity index (χ1v) is 7.35. The summed E-state index contributed by atoms with van der Waals surface area (Å²) in [5.74, 6) is -0.685. The highest BCUT2D eigenvalue weighted by atomic mass is 16.5. The van der Waals surface area contributed by atoms with Gasteiger partial charge >= 0.3 is 5.97 Å². The Morgan fingerprint density at radius 2 is 2.09 bits per heavy atom. The number of benzene rings is 1. The number of methoxy groups -OCH3 is 1. The molecule has 120 valence electrons. The van der Waals surface area contributed by atoms with E-state index in [9.17, 15) is 9.59 Å². The van der Waals surface area contributed by atoms with Gasteiger partial charge in [-0.05, 0) is 31.0 Å². The second kappa shape index (κ2) is 7.79. The van der Waals surface area contributed by atoms with Crippen LogP contribution in [0.1, 0.15) is 29.6 Å². The molecule has 0 radical (unpaired) electrons. The van der Waals surface area contributed by atoms with Gasteiger partial charge in [-0.3, -0.25) is 9.59 Å². The molecule has 0 heterocycles. The van der Waals surface area contributed by atoms with Crippen molar-refractivity contribution in [2.45, 2.75) is 25.3 Å². The molecule has 1 fully saturated rings. The van der Waals surface area contributed by atoms with Gasteiger partial charge in [-0.1, -0.05) is 6.07 Å². The first kappa shape index (κ1) is 16.3. The van der Waals surface area contributed by atoms with Crippen LogP contribution < -0.4 is 10.1 Å². The smallest absolute Gasteiger partial charge is 0.306 e. The van der Waals surface area contributed by atoms with E-state index < -0.39 is 5.97 Å². The number of rotatable bonds is 8. The minimum absolute atomic E-state index is 0.0557. The molecule has 2 rings (SSSR count). The number of aliphatic carboxylic acids is 1. The van der Waals surface area contributed by atoms with Crippen molar-refractivity contribution >= 4 is 11.9 Å². The summed E-state index contributed by atoms with van der Waals surface area (Å²) in [6.45, 7) is 1.16. The fraction of sp³-hybridized carbons (Fsp3) is 0.500. The number of amides is 1. The second-order valence-corrected chi connectivity index (χ2v) is 5.40. The highest BCUT2D eigenvalue weighted by Crippen LogP contribution is 2.27. The average molecular weight is 307 g/mol. The summed E-state index contributed by atoms with van der Waals surface area (Å²) in [6, 6.07) is 6.91. The van der Waals surface area contributed by atoms with Gasteiger partial charge in [-0.2, -0.15) is 0 Å². The molecular weight excluding hydrogens is 286 g/mol. The lowest BCUT2D eigenvalue weighted by atomic mass is 9.80. The highest BCUT2D eigenvalue weighted by Gasteiger charge is 2.35. The minimum Gasteiger partial charge on any atom is -0.493 e. The van der Waals surface area contributed by atoms with E-state index in [1.165, 1.54) is 0 Å². The minimum atomic E-state index is -0.794. The third-order valence-corrected chi connectivity index (χ3v) is 3.68. The molecule has 22 heavy (non-hydrogen) atoms. The molecule has 0 unspecified atom stereocenters. The Morgan fingerprint density at radius 3 is 2.77 bits per heavy atom. The van der Waals surface area contributed by atoms with Crippen molar-refractivity contribution in [1.29, 1.82) is 0 Å². The van der Waals surface area contributed by atoms with Crippen molar-refractivity contribution in [3.05, 3.63) is 29.8 Å². The number of carbonyl (C=O) groups excluding carboxylic acids is 1. The number of ether oxygens (including phenoxy) is 2. The molecule has 1 saturated carbocycles. The zero-order valence-corrected chi connectivity index (χ0v) is 12.6. The Balaban J connectivity index is 1.81. The maximum atomic E-state index is 12.1. The van der Waals surface area contributed by atoms with Crippen molar-refractivity contribution in [3.8, 4) is 5.75 Å². The molecule has 0 bridgehead atoms. The summed E-state index contributed by atoms with van der Waals surface area (Å²) in [6.07, 6.45) is 1.77. The van der Waals surface area contributed by atoms with Gasteiger partial charge in [0.25, 0.3) is 5.91 Å². The van der Waals surface area contributed by atoms with Crippen molar-refractivity contribution in [2.24, 2.45) is 5.92 Å². The molecule has 1 amide bonds. The third-order valence-electron chi connectivity index (χ3n) is 3.68. The lowest BCUT2D eigenvalue weighted by Crippen LogP contribution is -2.46. The molecule has 0 aliphatic heterocycles. The molecule has 1 aliphatic rings. The summed E-state index contributed by atoms with van der Waals surface area (Å²) in [4.78, 5) is 22.9. The molecule has 1 aliphatic carbocycles. The van der Waals surface area contributed by atoms with Crippen molar-refractivity contribution in [1.82, 2.24) is 5.32 Å². The summed E-state index contributed by atoms with van der Waals surface area (Å²) in [5.41, 5.74) is 0.517. The zero-order chi connectivity index (χ0) is 15.9. The number of hydrogen-bond donors (Lipinski definition) is 2. The van der Waals surface area contributed by atoms with Gasteiger partial charge in [0, 0.05) is 31.7 Å². The van der Waals surface area contributed by atoms with Gasteiger partial charge < -0.3 is 19.9 Å². The summed E-state index contributed by atoms with van der Waals surface area (Å²) < 4.78 is 10.5. The van der Waals surface area contributed by atoms with Crippen LogP contribution in [0.2, 0.25) is 0 Å². The molecule has 1 aromatic carbocycles. The fourth-order valence-electron chi connectivity index (χ4n) is 2.33. The van der Waals surface area contributed by atoms with Crippen LogP contribution in [0.4, 0.5) is 0 Å². The van der Waals surface area contributed by atoms with Gasteiger partial charge in [0.2, 0.25) is 0 Å². The van der Waals surface area contributed by atoms with Crippen LogP contribution >= 0.6 is 0 Å². The van der Waals surface area contributed by atoms with Crippen LogP contribution in [0.15, 0.2) is 24.3 Å². The lowest BCUT2D eigenvalue weighted by Gasteiger charge is -2.32. The number of carbonyl (C=O) groups is 2. The largest absolute Gasteiger partial charge is 0.493 e. The molecule has 0 spiro atoms. The number of hydrogen-bond acceptors (Lipinski definition) is 4. The van der Waals surface area contributed by atoms with E-state index in [0.29, 0.717) is 37.4 Å². The second-order valence-electron chi connectivity index (χ2n) is 5.40. The van der Waals surface area contributed by atoms with Crippen molar-refractivity contribution in [3.63, 3.8) is 0 Å². The number of nitrogens with one attached hydrogen (secondary N) is 1. The molecule has 6 heteroatoms. The van der Waals surface area contributed by atoms with E-state index >= 15 is 0 Å². The predicted molar refractivity (Wildman–Crippen MR) is 80.0 cm³/mol. The molecule has 0 atom stereocenters. The Kier molecular flexibility index (Phi) is 5.77. The van der Waals surface area contributed by atoms with Gasteiger partial charge in [0.1, 0.15) is 5.75 Å². The van der Waals surface area contributed by atoms with Gasteiger partial charge in [-0.15, -0.1) is 0 Å². The molecular formula is C16H21NO5. The molecule has 2 N–H and O–H groups in total. The SMILES string of the molecule is COCCCOc1cccc(C(=O)NC2CC(C(=O)O)C2)c1. The first-order chi connectivity index (χ1) is 10.6. The number of carboxylic acids is 1. The molecule has 0 aromatic heterocycles. The molecule has 0 saturated heterocycles. The van der Waals surface area contributed by atoms with E-state index in [0.717, 1.165) is 6.42 Å². The Hall–Kier alpha value is -2.08. The normalized spacial score (nSPS) is 20.0. The Labute approximate surface area is 129 Å². The van der Waals surface area contributed by atoms with E-state index in [1.54, 1.807) is 31.4 Å². The summed E-state index contributed by atoms with van der Waals surface area (Å²) >= 11 is 0. The zero-order valence-electron chi connectivity index (χ0n) is 12.6. The van der Waals surface area contributed by atoms with Crippen molar-refractivity contribution < 1.29 is 24.2 Å². The third kappa shape index (κ3) is 4.46. The standard InChI is InChI=1S/C16H21NO5/c1-21-6-3-7-22-14-5-2-4-11(10-14)15(18)17-13-8-12(9-13)16(19)20/h2,4-5,10,12-13H,3,6-9H2,1H3,(H,17,18)(H,19,20). The summed E-state index contributed by atoms with van der Waals surface area (Å²) in [5, 5.41) is 11.7. The van der Waals surface area contributed by atoms with Crippen LogP contribution in [0.3, 0.4) is 0 Å². The van der Waals surface area contributed by atoms with Crippen LogP contribution in [-0.2, 0) is 9.53 Å². The summed E-state index contributed by atoms with van der Waals surface area (Å²) in [7, 11) is 1.64. The topological polar surface area (TPSA) is 84.9 Å². The van der Waals surface area contributed by atoms with Crippen LogP contribution in [0.5, 0.6) is 5.75 Å². The number of carboxylic acid groups (broad SMARTS) is 1. The highest BCUT2D eigenvalue weighted by molar-refractivity contribution is 5.95. The molecule has 1 aromatic rings. The van der Waals surface area contributed by atoms with Crippen LogP contribution in [-0.4, -0.2) is 43.3 Å². The lowest BCUT2D eigenvalue weighted by molar-refractivity contribution is -0.145. The van der Waals surface area contributed by atoms with Gasteiger partial charge in [0.05, 0.1) is 12.5 Å². The van der Waals surface area contributed by atoms with Crippen molar-refractivity contribution in [2.75, 3.05) is 20.3 Å². The van der Waals surface area contributed by atoms with Crippen LogP contribution in [0, 0.1) is 5.92 Å². The van der Waals surface area contributed by atoms with Gasteiger partial charge in [0.15, 0.2) is 0 Å². The molecule has 6 nitrogen and oxygen atoms in total. The van der Waals surface area contributed by atoms with E-state index in [-0.39, 0.29) is 17.9 Å².